The third-order valence-electron chi connectivity index (χ3n) is 3.26. The topological polar surface area (TPSA) is 26.3 Å². The van der Waals surface area contributed by atoms with Gasteiger partial charge in [-0.2, -0.15) is 0 Å². The third-order valence-corrected chi connectivity index (χ3v) is 3.26. The van der Waals surface area contributed by atoms with Gasteiger partial charge in [-0.05, 0) is 43.2 Å². The van der Waals surface area contributed by atoms with Crippen molar-refractivity contribution in [1.29, 1.82) is 0 Å². The molecule has 0 aliphatic heterocycles. The molecule has 0 unspecified atom stereocenters. The van der Waals surface area contributed by atoms with Crippen molar-refractivity contribution >= 4 is 11.5 Å². The van der Waals surface area contributed by atoms with Gasteiger partial charge in [0, 0.05) is 11.1 Å². The lowest BCUT2D eigenvalue weighted by Gasteiger charge is -2.09. The Balaban J connectivity index is 2.35. The summed E-state index contributed by atoms with van der Waals surface area (Å²) in [4.78, 5) is 11.4. The first kappa shape index (κ1) is 16.6. The molecule has 0 saturated heterocycles. The molecule has 23 heavy (non-hydrogen) atoms. The van der Waals surface area contributed by atoms with Crippen molar-refractivity contribution in [2.24, 2.45) is 0 Å². The summed E-state index contributed by atoms with van der Waals surface area (Å²) in [5.74, 6) is -2.16. The molecule has 0 bridgehead atoms. The second kappa shape index (κ2) is 6.57. The SMILES string of the molecule is C=C(C)C(=O)Oc1ccc(-c2ccc(C(=C)C)cc2F)cc1F. The van der Waals surface area contributed by atoms with E-state index in [9.17, 15) is 13.6 Å². The molecular weight excluding hydrogens is 298 g/mol. The quantitative estimate of drug-likeness (QED) is 0.443. The highest BCUT2D eigenvalue weighted by Crippen LogP contribution is 2.29. The highest BCUT2D eigenvalue weighted by atomic mass is 19.1. The molecular formula is C19H16F2O2. The molecule has 0 saturated carbocycles. The Morgan fingerprint density at radius 3 is 2.22 bits per heavy atom. The standard InChI is InChI=1S/C19H16F2O2/c1-11(2)13-5-7-15(16(20)9-13)14-6-8-18(17(21)10-14)23-19(22)12(3)4/h5-10H,1,3H2,2,4H3. The first-order valence-electron chi connectivity index (χ1n) is 6.92. The van der Waals surface area contributed by atoms with Crippen molar-refractivity contribution in [2.75, 3.05) is 0 Å². The molecule has 0 fully saturated rings. The van der Waals surface area contributed by atoms with E-state index in [4.69, 9.17) is 4.74 Å². The highest BCUT2D eigenvalue weighted by molar-refractivity contribution is 5.88. The van der Waals surface area contributed by atoms with E-state index in [1.165, 1.54) is 25.1 Å². The van der Waals surface area contributed by atoms with Gasteiger partial charge in [-0.1, -0.05) is 36.9 Å². The molecule has 4 heteroatoms. The molecule has 0 aliphatic carbocycles. The summed E-state index contributed by atoms with van der Waals surface area (Å²) in [7, 11) is 0. The molecule has 2 aromatic rings. The van der Waals surface area contributed by atoms with Gasteiger partial charge >= 0.3 is 5.97 Å². The Kier molecular flexibility index (Phi) is 4.74. The number of esters is 1. The number of rotatable bonds is 4. The number of hydrogen-bond donors (Lipinski definition) is 0. The maximum atomic E-state index is 14.2. The minimum absolute atomic E-state index is 0.162. The predicted molar refractivity (Wildman–Crippen MR) is 87.0 cm³/mol. The van der Waals surface area contributed by atoms with Crippen molar-refractivity contribution in [3.05, 3.63) is 72.3 Å². The summed E-state index contributed by atoms with van der Waals surface area (Å²) >= 11 is 0. The van der Waals surface area contributed by atoms with Gasteiger partial charge in [0.2, 0.25) is 0 Å². The lowest BCUT2D eigenvalue weighted by Crippen LogP contribution is -2.09. The van der Waals surface area contributed by atoms with Crippen molar-refractivity contribution < 1.29 is 18.3 Å². The lowest BCUT2D eigenvalue weighted by molar-refractivity contribution is -0.130. The van der Waals surface area contributed by atoms with Crippen molar-refractivity contribution in [3.63, 3.8) is 0 Å². The predicted octanol–water partition coefficient (Wildman–Crippen LogP) is 5.15. The number of carbonyl (C=O) groups is 1. The summed E-state index contributed by atoms with van der Waals surface area (Å²) in [6.07, 6.45) is 0. The Hall–Kier alpha value is -2.75. The molecule has 0 amide bonds. The van der Waals surface area contributed by atoms with Crippen molar-refractivity contribution in [3.8, 4) is 16.9 Å². The summed E-state index contributed by atoms with van der Waals surface area (Å²) in [6.45, 7) is 10.4. The largest absolute Gasteiger partial charge is 0.420 e. The molecule has 0 spiro atoms. The maximum absolute atomic E-state index is 14.2. The maximum Gasteiger partial charge on any atom is 0.338 e. The molecule has 0 heterocycles. The second-order valence-corrected chi connectivity index (χ2v) is 5.29. The van der Waals surface area contributed by atoms with Gasteiger partial charge in [0.15, 0.2) is 11.6 Å². The van der Waals surface area contributed by atoms with Crippen molar-refractivity contribution in [1.82, 2.24) is 0 Å². The number of hydrogen-bond acceptors (Lipinski definition) is 2. The van der Waals surface area contributed by atoms with Crippen LogP contribution in [0.15, 0.2) is 55.1 Å². The summed E-state index contributed by atoms with van der Waals surface area (Å²) < 4.78 is 33.1. The fraction of sp³-hybridized carbons (Fsp3) is 0.105. The van der Waals surface area contributed by atoms with Gasteiger partial charge in [-0.3, -0.25) is 0 Å². The Labute approximate surface area is 133 Å². The van der Waals surface area contributed by atoms with Gasteiger partial charge in [0.05, 0.1) is 0 Å². The van der Waals surface area contributed by atoms with Gasteiger partial charge in [-0.15, -0.1) is 0 Å². The smallest absolute Gasteiger partial charge is 0.338 e. The highest BCUT2D eigenvalue weighted by Gasteiger charge is 2.13. The van der Waals surface area contributed by atoms with Crippen LogP contribution in [0.25, 0.3) is 16.7 Å². The average Bonchev–Trinajstić information content (AvgIpc) is 2.48. The first-order valence-corrected chi connectivity index (χ1v) is 6.92. The molecule has 0 atom stereocenters. The molecule has 2 aromatic carbocycles. The number of benzene rings is 2. The van der Waals surface area contributed by atoms with Crippen LogP contribution in [0.2, 0.25) is 0 Å². The Morgan fingerprint density at radius 2 is 1.70 bits per heavy atom. The van der Waals surface area contributed by atoms with Crippen molar-refractivity contribution in [2.45, 2.75) is 13.8 Å². The van der Waals surface area contributed by atoms with Crippen LogP contribution in [0.1, 0.15) is 19.4 Å². The molecule has 0 aliphatic rings. The van der Waals surface area contributed by atoms with E-state index >= 15 is 0 Å². The molecule has 2 rings (SSSR count). The lowest BCUT2D eigenvalue weighted by atomic mass is 10.0. The minimum atomic E-state index is -0.750. The van der Waals surface area contributed by atoms with E-state index in [-0.39, 0.29) is 16.9 Å². The van der Waals surface area contributed by atoms with E-state index in [1.54, 1.807) is 19.1 Å². The van der Waals surface area contributed by atoms with E-state index in [0.717, 1.165) is 11.6 Å². The van der Waals surface area contributed by atoms with Gasteiger partial charge < -0.3 is 4.74 Å². The Bertz CT molecular complexity index is 807. The minimum Gasteiger partial charge on any atom is -0.420 e. The molecule has 118 valence electrons. The zero-order valence-electron chi connectivity index (χ0n) is 13.0. The summed E-state index contributed by atoms with van der Waals surface area (Å²) in [5, 5.41) is 0. The van der Waals surface area contributed by atoms with Crippen LogP contribution in [0.4, 0.5) is 8.78 Å². The van der Waals surface area contributed by atoms with E-state index in [1.807, 2.05) is 0 Å². The van der Waals surface area contributed by atoms with Crippen LogP contribution >= 0.6 is 0 Å². The number of carbonyl (C=O) groups excluding carboxylic acids is 1. The molecule has 0 aromatic heterocycles. The van der Waals surface area contributed by atoms with Crippen LogP contribution in [0, 0.1) is 11.6 Å². The van der Waals surface area contributed by atoms with Crippen LogP contribution in [0.5, 0.6) is 5.75 Å². The number of ether oxygens (including phenoxy) is 1. The van der Waals surface area contributed by atoms with Gasteiger partial charge in [0.25, 0.3) is 0 Å². The van der Waals surface area contributed by atoms with Crippen LogP contribution in [-0.4, -0.2) is 5.97 Å². The van der Waals surface area contributed by atoms with E-state index in [0.29, 0.717) is 11.1 Å². The van der Waals surface area contributed by atoms with Crippen LogP contribution in [-0.2, 0) is 4.79 Å². The number of halogens is 2. The van der Waals surface area contributed by atoms with Gasteiger partial charge in [0.1, 0.15) is 5.82 Å². The summed E-state index contributed by atoms with van der Waals surface area (Å²) in [6, 6.07) is 8.53. The van der Waals surface area contributed by atoms with E-state index in [2.05, 4.69) is 13.2 Å². The summed E-state index contributed by atoms with van der Waals surface area (Å²) in [5.41, 5.74) is 2.19. The number of allylic oxidation sites excluding steroid dienone is 1. The third kappa shape index (κ3) is 3.72. The Morgan fingerprint density at radius 1 is 1.00 bits per heavy atom. The first-order chi connectivity index (χ1) is 10.8. The van der Waals surface area contributed by atoms with Crippen LogP contribution in [0.3, 0.4) is 0 Å². The average molecular weight is 314 g/mol. The molecule has 2 nitrogen and oxygen atoms in total. The zero-order chi connectivity index (χ0) is 17.1. The van der Waals surface area contributed by atoms with Crippen LogP contribution < -0.4 is 4.74 Å². The fourth-order valence-electron chi connectivity index (χ4n) is 1.95. The second-order valence-electron chi connectivity index (χ2n) is 5.29. The van der Waals surface area contributed by atoms with E-state index < -0.39 is 17.6 Å². The zero-order valence-corrected chi connectivity index (χ0v) is 13.0. The normalized spacial score (nSPS) is 10.3. The van der Waals surface area contributed by atoms with Gasteiger partial charge in [-0.25, -0.2) is 13.6 Å². The molecule has 0 N–H and O–H groups in total. The molecule has 0 radical (unpaired) electrons. The fourth-order valence-corrected chi connectivity index (χ4v) is 1.95. The monoisotopic (exact) mass is 314 g/mol.